The first kappa shape index (κ1) is 16.7. The molecular formula is C16H27N3O3+2. The average Bonchev–Trinajstić information content (AvgIpc) is 2.55. The molecule has 1 saturated heterocycles. The van der Waals surface area contributed by atoms with Gasteiger partial charge in [-0.05, 0) is 24.3 Å². The fourth-order valence-electron chi connectivity index (χ4n) is 2.80. The van der Waals surface area contributed by atoms with Crippen molar-refractivity contribution in [3.63, 3.8) is 0 Å². The van der Waals surface area contributed by atoms with Gasteiger partial charge >= 0.3 is 0 Å². The summed E-state index contributed by atoms with van der Waals surface area (Å²) >= 11 is 0. The minimum absolute atomic E-state index is 0.0581. The zero-order valence-electron chi connectivity index (χ0n) is 13.2. The Morgan fingerprint density at radius 2 is 1.73 bits per heavy atom. The topological polar surface area (TPSA) is 67.4 Å². The molecule has 1 aliphatic heterocycles. The number of rotatable bonds is 7. The van der Waals surface area contributed by atoms with E-state index in [4.69, 9.17) is 9.84 Å². The van der Waals surface area contributed by atoms with E-state index in [1.165, 1.54) is 9.80 Å². The molecule has 0 saturated carbocycles. The van der Waals surface area contributed by atoms with Gasteiger partial charge in [0.05, 0.1) is 26.7 Å². The van der Waals surface area contributed by atoms with Crippen molar-refractivity contribution in [2.24, 2.45) is 0 Å². The highest BCUT2D eigenvalue weighted by Crippen LogP contribution is 2.14. The summed E-state index contributed by atoms with van der Waals surface area (Å²) < 4.78 is 5.09. The number of hydrogen-bond donors (Lipinski definition) is 4. The molecule has 0 aliphatic carbocycles. The quantitative estimate of drug-likeness (QED) is 0.462. The summed E-state index contributed by atoms with van der Waals surface area (Å²) in [6.07, 6.45) is 0.538. The van der Waals surface area contributed by atoms with Gasteiger partial charge in [-0.3, -0.25) is 4.79 Å². The Balaban J connectivity index is 1.67. The maximum atomic E-state index is 12.0. The van der Waals surface area contributed by atoms with E-state index >= 15 is 0 Å². The van der Waals surface area contributed by atoms with Crippen LogP contribution in [0.4, 0.5) is 5.69 Å². The van der Waals surface area contributed by atoms with Crippen LogP contribution in [0.15, 0.2) is 24.3 Å². The largest absolute Gasteiger partial charge is 0.497 e. The van der Waals surface area contributed by atoms with Crippen molar-refractivity contribution < 1.29 is 24.4 Å². The molecular weight excluding hydrogens is 282 g/mol. The molecule has 0 unspecified atom stereocenters. The molecule has 0 spiro atoms. The molecule has 1 aromatic carbocycles. The van der Waals surface area contributed by atoms with Gasteiger partial charge in [-0.25, -0.2) is 0 Å². The summed E-state index contributed by atoms with van der Waals surface area (Å²) in [5.41, 5.74) is 0.804. The zero-order chi connectivity index (χ0) is 15.8. The summed E-state index contributed by atoms with van der Waals surface area (Å²) in [7, 11) is 1.62. The molecule has 4 N–H and O–H groups in total. The van der Waals surface area contributed by atoms with E-state index in [1.54, 1.807) is 7.11 Å². The highest BCUT2D eigenvalue weighted by atomic mass is 16.5. The number of amides is 1. The van der Waals surface area contributed by atoms with Gasteiger partial charge in [0.2, 0.25) is 5.91 Å². The van der Waals surface area contributed by atoms with Crippen LogP contribution >= 0.6 is 0 Å². The molecule has 22 heavy (non-hydrogen) atoms. The highest BCUT2D eigenvalue weighted by Gasteiger charge is 2.22. The van der Waals surface area contributed by atoms with Crippen LogP contribution in [-0.4, -0.2) is 64.0 Å². The normalized spacial score (nSPS) is 21.4. The number of ether oxygens (including phenoxy) is 1. The summed E-state index contributed by atoms with van der Waals surface area (Å²) in [6.45, 7) is 6.27. The second-order valence-electron chi connectivity index (χ2n) is 5.75. The third-order valence-electron chi connectivity index (χ3n) is 4.21. The van der Waals surface area contributed by atoms with Crippen molar-refractivity contribution in [2.75, 3.05) is 58.3 Å². The first-order chi connectivity index (χ1) is 10.7. The van der Waals surface area contributed by atoms with Gasteiger partial charge in [0.1, 0.15) is 38.5 Å². The van der Waals surface area contributed by atoms with E-state index in [0.29, 0.717) is 6.42 Å². The maximum Gasteiger partial charge on any atom is 0.230 e. The number of aliphatic hydroxyl groups is 1. The first-order valence-corrected chi connectivity index (χ1v) is 7.93. The second kappa shape index (κ2) is 8.73. The smallest absolute Gasteiger partial charge is 0.230 e. The molecule has 1 amide bonds. The zero-order valence-corrected chi connectivity index (χ0v) is 13.2. The second-order valence-corrected chi connectivity index (χ2v) is 5.75. The molecule has 0 radical (unpaired) electrons. The minimum Gasteiger partial charge on any atom is -0.497 e. The van der Waals surface area contributed by atoms with Gasteiger partial charge in [0.25, 0.3) is 0 Å². The van der Waals surface area contributed by atoms with E-state index in [2.05, 4.69) is 5.32 Å². The number of hydrogen-bond acceptors (Lipinski definition) is 3. The Morgan fingerprint density at radius 1 is 1.14 bits per heavy atom. The standard InChI is InChI=1S/C16H25N3O3/c1-22-15-4-2-14(3-5-15)17-16(21)6-7-18-8-10-19(11-9-18)12-13-20/h2-5,20H,6-13H2,1H3,(H,17,21)/p+2. The Hall–Kier alpha value is -1.63. The van der Waals surface area contributed by atoms with Gasteiger partial charge in [0, 0.05) is 5.69 Å². The van der Waals surface area contributed by atoms with Crippen molar-refractivity contribution in [1.82, 2.24) is 0 Å². The number of aliphatic hydroxyl groups excluding tert-OH is 1. The fourth-order valence-corrected chi connectivity index (χ4v) is 2.80. The number of benzene rings is 1. The Labute approximate surface area is 131 Å². The van der Waals surface area contributed by atoms with E-state index in [1.807, 2.05) is 24.3 Å². The Morgan fingerprint density at radius 3 is 2.27 bits per heavy atom. The third-order valence-corrected chi connectivity index (χ3v) is 4.21. The number of nitrogens with one attached hydrogen (secondary N) is 3. The van der Waals surface area contributed by atoms with E-state index in [-0.39, 0.29) is 12.5 Å². The number of piperazine rings is 1. The average molecular weight is 309 g/mol. The third kappa shape index (κ3) is 5.29. The van der Waals surface area contributed by atoms with Gasteiger partial charge in [-0.15, -0.1) is 0 Å². The van der Waals surface area contributed by atoms with Crippen LogP contribution in [0.1, 0.15) is 6.42 Å². The summed E-state index contributed by atoms with van der Waals surface area (Å²) in [4.78, 5) is 14.9. The van der Waals surface area contributed by atoms with Crippen molar-refractivity contribution >= 4 is 11.6 Å². The monoisotopic (exact) mass is 309 g/mol. The lowest BCUT2D eigenvalue weighted by atomic mass is 10.2. The molecule has 6 heteroatoms. The van der Waals surface area contributed by atoms with Crippen LogP contribution in [-0.2, 0) is 4.79 Å². The molecule has 122 valence electrons. The van der Waals surface area contributed by atoms with Crippen LogP contribution < -0.4 is 19.9 Å². The number of carbonyl (C=O) groups is 1. The van der Waals surface area contributed by atoms with Crippen molar-refractivity contribution in [3.05, 3.63) is 24.3 Å². The number of anilines is 1. The maximum absolute atomic E-state index is 12.0. The summed E-state index contributed by atoms with van der Waals surface area (Å²) in [6, 6.07) is 7.37. The van der Waals surface area contributed by atoms with Crippen LogP contribution in [0.25, 0.3) is 0 Å². The first-order valence-electron chi connectivity index (χ1n) is 7.93. The van der Waals surface area contributed by atoms with Crippen LogP contribution in [0.5, 0.6) is 5.75 Å². The molecule has 1 fully saturated rings. The van der Waals surface area contributed by atoms with E-state index < -0.39 is 0 Å². The fraction of sp³-hybridized carbons (Fsp3) is 0.562. The predicted molar refractivity (Wildman–Crippen MR) is 84.5 cm³/mol. The molecule has 1 aliphatic rings. The molecule has 1 heterocycles. The molecule has 2 rings (SSSR count). The predicted octanol–water partition coefficient (Wildman–Crippen LogP) is -2.20. The van der Waals surface area contributed by atoms with Gasteiger partial charge in [-0.2, -0.15) is 0 Å². The molecule has 0 aromatic heterocycles. The van der Waals surface area contributed by atoms with Crippen LogP contribution in [0.2, 0.25) is 0 Å². The van der Waals surface area contributed by atoms with E-state index in [9.17, 15) is 4.79 Å². The Kier molecular flexibility index (Phi) is 6.64. The summed E-state index contributed by atoms with van der Waals surface area (Å²) in [5.74, 6) is 0.841. The van der Waals surface area contributed by atoms with Crippen molar-refractivity contribution in [3.8, 4) is 5.75 Å². The molecule has 0 atom stereocenters. The summed E-state index contributed by atoms with van der Waals surface area (Å²) in [5, 5.41) is 11.9. The highest BCUT2D eigenvalue weighted by molar-refractivity contribution is 5.90. The van der Waals surface area contributed by atoms with E-state index in [0.717, 1.165) is 50.7 Å². The SMILES string of the molecule is COc1ccc(NC(=O)CC[NH+]2CC[NH+](CCO)CC2)cc1. The number of carbonyl (C=O) groups excluding carboxylic acids is 1. The van der Waals surface area contributed by atoms with Crippen molar-refractivity contribution in [1.29, 1.82) is 0 Å². The molecule has 1 aromatic rings. The van der Waals surface area contributed by atoms with Gasteiger partial charge in [0.15, 0.2) is 0 Å². The molecule has 6 nitrogen and oxygen atoms in total. The lowest BCUT2D eigenvalue weighted by molar-refractivity contribution is -1.01. The van der Waals surface area contributed by atoms with Crippen LogP contribution in [0, 0.1) is 0 Å². The van der Waals surface area contributed by atoms with Crippen molar-refractivity contribution in [2.45, 2.75) is 6.42 Å². The minimum atomic E-state index is 0.0581. The van der Waals surface area contributed by atoms with Gasteiger partial charge < -0.3 is 25.0 Å². The molecule has 0 bridgehead atoms. The lowest BCUT2D eigenvalue weighted by Crippen LogP contribution is -3.28. The van der Waals surface area contributed by atoms with Crippen LogP contribution in [0.3, 0.4) is 0 Å². The lowest BCUT2D eigenvalue weighted by Gasteiger charge is -2.29. The Bertz CT molecular complexity index is 456. The number of methoxy groups -OCH3 is 1. The van der Waals surface area contributed by atoms with Gasteiger partial charge in [-0.1, -0.05) is 0 Å². The number of quaternary nitrogens is 2.